The largest absolute Gasteiger partial charge is 0.452 e. The van der Waals surface area contributed by atoms with Crippen LogP contribution in [0.4, 0.5) is 4.39 Å². The molecule has 0 unspecified atom stereocenters. The minimum atomic E-state index is -0.913. The number of nitrogens with zero attached hydrogens (tertiary/aromatic N) is 1. The van der Waals surface area contributed by atoms with Crippen molar-refractivity contribution in [2.45, 2.75) is 0 Å². The SMILES string of the molecule is O=C(COC(=O)c1ccccc1F)NN=C(c1ccccc1)c1ccccc1. The summed E-state index contributed by atoms with van der Waals surface area (Å²) >= 11 is 0. The molecular formula is C22H17FN2O3. The molecule has 5 nitrogen and oxygen atoms in total. The quantitative estimate of drug-likeness (QED) is 0.406. The summed E-state index contributed by atoms with van der Waals surface area (Å²) in [5.41, 5.74) is 4.35. The molecule has 0 aliphatic carbocycles. The normalized spacial score (nSPS) is 10.0. The van der Waals surface area contributed by atoms with Gasteiger partial charge >= 0.3 is 5.97 Å². The van der Waals surface area contributed by atoms with E-state index in [0.717, 1.165) is 17.2 Å². The Balaban J connectivity index is 1.68. The third kappa shape index (κ3) is 4.88. The van der Waals surface area contributed by atoms with E-state index in [2.05, 4.69) is 10.5 Å². The van der Waals surface area contributed by atoms with Crippen LogP contribution in [-0.4, -0.2) is 24.2 Å². The molecule has 0 aliphatic rings. The van der Waals surface area contributed by atoms with Gasteiger partial charge < -0.3 is 4.74 Å². The van der Waals surface area contributed by atoms with Gasteiger partial charge in [0.1, 0.15) is 5.82 Å². The first-order valence-corrected chi connectivity index (χ1v) is 8.54. The standard InChI is InChI=1S/C22H17FN2O3/c23-19-14-8-7-13-18(19)22(27)28-15-20(26)24-25-21(16-9-3-1-4-10-16)17-11-5-2-6-12-17/h1-14H,15H2,(H,24,26). The summed E-state index contributed by atoms with van der Waals surface area (Å²) in [5.74, 6) is -2.25. The maximum atomic E-state index is 13.6. The van der Waals surface area contributed by atoms with E-state index in [0.29, 0.717) is 5.71 Å². The molecule has 0 heterocycles. The second kappa shape index (κ2) is 9.23. The summed E-state index contributed by atoms with van der Waals surface area (Å²) in [5, 5.41) is 4.18. The van der Waals surface area contributed by atoms with Gasteiger partial charge in [-0.3, -0.25) is 4.79 Å². The second-order valence-electron chi connectivity index (χ2n) is 5.78. The molecule has 140 valence electrons. The number of amides is 1. The summed E-state index contributed by atoms with van der Waals surface area (Å²) in [6.45, 7) is -0.576. The van der Waals surface area contributed by atoms with Crippen LogP contribution in [0.2, 0.25) is 0 Å². The fourth-order valence-corrected chi connectivity index (χ4v) is 2.47. The molecule has 6 heteroatoms. The van der Waals surface area contributed by atoms with Crippen molar-refractivity contribution in [1.82, 2.24) is 5.43 Å². The Hall–Kier alpha value is -3.80. The predicted octanol–water partition coefficient (Wildman–Crippen LogP) is 3.55. The average Bonchev–Trinajstić information content (AvgIpc) is 2.74. The molecule has 0 fully saturated rings. The number of hydrazone groups is 1. The molecule has 28 heavy (non-hydrogen) atoms. The molecule has 1 N–H and O–H groups in total. The first-order chi connectivity index (χ1) is 13.6. The zero-order valence-electron chi connectivity index (χ0n) is 14.8. The second-order valence-corrected chi connectivity index (χ2v) is 5.78. The predicted molar refractivity (Wildman–Crippen MR) is 103 cm³/mol. The van der Waals surface area contributed by atoms with Gasteiger partial charge in [0.2, 0.25) is 0 Å². The number of hydrogen-bond donors (Lipinski definition) is 1. The van der Waals surface area contributed by atoms with Gasteiger partial charge in [0.05, 0.1) is 11.3 Å². The molecular weight excluding hydrogens is 359 g/mol. The first-order valence-electron chi connectivity index (χ1n) is 8.54. The lowest BCUT2D eigenvalue weighted by Crippen LogP contribution is -2.26. The summed E-state index contributed by atoms with van der Waals surface area (Å²) in [6, 6.07) is 24.1. The third-order valence-corrected chi connectivity index (χ3v) is 3.81. The third-order valence-electron chi connectivity index (χ3n) is 3.81. The minimum Gasteiger partial charge on any atom is -0.452 e. The van der Waals surface area contributed by atoms with Gasteiger partial charge in [-0.15, -0.1) is 0 Å². The highest BCUT2D eigenvalue weighted by molar-refractivity contribution is 6.13. The Bertz CT molecular complexity index is 947. The molecule has 0 bridgehead atoms. The monoisotopic (exact) mass is 376 g/mol. The van der Waals surface area contributed by atoms with Gasteiger partial charge in [-0.05, 0) is 12.1 Å². The van der Waals surface area contributed by atoms with E-state index < -0.39 is 24.3 Å². The molecule has 3 aromatic carbocycles. The van der Waals surface area contributed by atoms with Gasteiger partial charge in [0, 0.05) is 11.1 Å². The number of nitrogens with one attached hydrogen (secondary N) is 1. The van der Waals surface area contributed by atoms with Crippen LogP contribution in [-0.2, 0) is 9.53 Å². The van der Waals surface area contributed by atoms with Gasteiger partial charge in [-0.1, -0.05) is 72.8 Å². The van der Waals surface area contributed by atoms with Crippen molar-refractivity contribution in [3.8, 4) is 0 Å². The minimum absolute atomic E-state index is 0.229. The molecule has 0 atom stereocenters. The lowest BCUT2D eigenvalue weighted by atomic mass is 10.0. The summed E-state index contributed by atoms with van der Waals surface area (Å²) in [7, 11) is 0. The first kappa shape index (κ1) is 19.0. The Morgan fingerprint density at radius 3 is 1.93 bits per heavy atom. The Kier molecular flexibility index (Phi) is 6.25. The zero-order chi connectivity index (χ0) is 19.8. The Morgan fingerprint density at radius 2 is 1.36 bits per heavy atom. The molecule has 3 aromatic rings. The Morgan fingerprint density at radius 1 is 0.821 bits per heavy atom. The van der Waals surface area contributed by atoms with Crippen LogP contribution in [0, 0.1) is 5.82 Å². The highest BCUT2D eigenvalue weighted by atomic mass is 19.1. The van der Waals surface area contributed by atoms with Crippen molar-refractivity contribution in [2.24, 2.45) is 5.10 Å². The Labute approximate surface area is 161 Å². The number of hydrogen-bond acceptors (Lipinski definition) is 4. The molecule has 3 rings (SSSR count). The van der Waals surface area contributed by atoms with Gasteiger partial charge in [0.25, 0.3) is 5.91 Å². The fraction of sp³-hybridized carbons (Fsp3) is 0.0455. The van der Waals surface area contributed by atoms with E-state index in [9.17, 15) is 14.0 Å². The lowest BCUT2D eigenvalue weighted by Gasteiger charge is -2.08. The maximum absolute atomic E-state index is 13.6. The molecule has 0 saturated heterocycles. The fourth-order valence-electron chi connectivity index (χ4n) is 2.47. The number of halogens is 1. The summed E-state index contributed by atoms with van der Waals surface area (Å²) in [4.78, 5) is 23.9. The van der Waals surface area contributed by atoms with Crippen LogP contribution in [0.15, 0.2) is 90.0 Å². The number of benzene rings is 3. The molecule has 1 amide bonds. The van der Waals surface area contributed by atoms with E-state index in [1.165, 1.54) is 18.2 Å². The van der Waals surface area contributed by atoms with Crippen molar-refractivity contribution >= 4 is 17.6 Å². The molecule has 0 aliphatic heterocycles. The highest BCUT2D eigenvalue weighted by Gasteiger charge is 2.14. The van der Waals surface area contributed by atoms with Gasteiger partial charge in [0.15, 0.2) is 6.61 Å². The number of ether oxygens (including phenoxy) is 1. The topological polar surface area (TPSA) is 67.8 Å². The highest BCUT2D eigenvalue weighted by Crippen LogP contribution is 2.10. The van der Waals surface area contributed by atoms with Crippen molar-refractivity contribution in [2.75, 3.05) is 6.61 Å². The van der Waals surface area contributed by atoms with Crippen molar-refractivity contribution in [3.05, 3.63) is 107 Å². The molecule has 0 aromatic heterocycles. The van der Waals surface area contributed by atoms with Crippen LogP contribution in [0.5, 0.6) is 0 Å². The van der Waals surface area contributed by atoms with Gasteiger partial charge in [-0.2, -0.15) is 5.10 Å². The summed E-state index contributed by atoms with van der Waals surface area (Å²) < 4.78 is 18.4. The number of carbonyl (C=O) groups is 2. The van der Waals surface area contributed by atoms with E-state index in [-0.39, 0.29) is 5.56 Å². The summed E-state index contributed by atoms with van der Waals surface area (Å²) in [6.07, 6.45) is 0. The van der Waals surface area contributed by atoms with E-state index in [1.54, 1.807) is 0 Å². The van der Waals surface area contributed by atoms with Gasteiger partial charge in [-0.25, -0.2) is 14.6 Å². The number of esters is 1. The van der Waals surface area contributed by atoms with E-state index >= 15 is 0 Å². The van der Waals surface area contributed by atoms with E-state index in [4.69, 9.17) is 4.74 Å². The van der Waals surface area contributed by atoms with Crippen molar-refractivity contribution in [1.29, 1.82) is 0 Å². The van der Waals surface area contributed by atoms with Crippen LogP contribution < -0.4 is 5.43 Å². The number of rotatable bonds is 6. The van der Waals surface area contributed by atoms with Crippen LogP contribution in [0.3, 0.4) is 0 Å². The van der Waals surface area contributed by atoms with E-state index in [1.807, 2.05) is 60.7 Å². The van der Waals surface area contributed by atoms with Crippen molar-refractivity contribution in [3.63, 3.8) is 0 Å². The molecule has 0 spiro atoms. The van der Waals surface area contributed by atoms with Crippen LogP contribution >= 0.6 is 0 Å². The van der Waals surface area contributed by atoms with Crippen LogP contribution in [0.25, 0.3) is 0 Å². The molecule has 0 saturated carbocycles. The lowest BCUT2D eigenvalue weighted by molar-refractivity contribution is -0.124. The zero-order valence-corrected chi connectivity index (χ0v) is 14.8. The smallest absolute Gasteiger partial charge is 0.341 e. The maximum Gasteiger partial charge on any atom is 0.341 e. The molecule has 0 radical (unpaired) electrons. The van der Waals surface area contributed by atoms with Crippen molar-refractivity contribution < 1.29 is 18.7 Å². The average molecular weight is 376 g/mol. The van der Waals surface area contributed by atoms with Crippen LogP contribution in [0.1, 0.15) is 21.5 Å². The number of carbonyl (C=O) groups excluding carboxylic acids is 2.